The molecule has 2 unspecified atom stereocenters. The van der Waals surface area contributed by atoms with Gasteiger partial charge in [0.25, 0.3) is 0 Å². The number of nitrogens with zero attached hydrogens (tertiary/aromatic N) is 1. The quantitative estimate of drug-likeness (QED) is 0.0295. The Balaban J connectivity index is 1.12. The Labute approximate surface area is 368 Å². The van der Waals surface area contributed by atoms with Crippen LogP contribution in [0.2, 0.25) is 25.7 Å². The van der Waals surface area contributed by atoms with E-state index in [-0.39, 0.29) is 18.8 Å². The Morgan fingerprint density at radius 2 is 1.31 bits per heavy atom. The van der Waals surface area contributed by atoms with Crippen molar-refractivity contribution in [1.82, 2.24) is 5.06 Å². The molecule has 0 aliphatic carbocycles. The van der Waals surface area contributed by atoms with Crippen LogP contribution in [0.1, 0.15) is 66.5 Å². The van der Waals surface area contributed by atoms with E-state index in [1.165, 1.54) is 0 Å². The van der Waals surface area contributed by atoms with E-state index in [4.69, 9.17) is 28.5 Å². The van der Waals surface area contributed by atoms with Gasteiger partial charge in [-0.25, -0.2) is 4.79 Å². The van der Waals surface area contributed by atoms with Gasteiger partial charge in [0.2, 0.25) is 0 Å². The molecule has 7 rings (SSSR count). The largest absolute Gasteiger partial charge is 0.528 e. The fourth-order valence-electron chi connectivity index (χ4n) is 8.02. The average Bonchev–Trinajstić information content (AvgIpc) is 3.26. The topological polar surface area (TPSA) is 75.7 Å². The lowest BCUT2D eigenvalue weighted by Gasteiger charge is -2.37. The van der Waals surface area contributed by atoms with Crippen LogP contribution < -0.4 is 4.74 Å². The SMILES string of the molecule is CC(C)(C)OC(=O)ON1CCC(c2ccc(COC(c3ccccc3)(c3ccccc3)c3ccccc3)cc2)C(OCc2ccc3ccccc3c2OCOCC[Si](C)(C)C)C1. The van der Waals surface area contributed by atoms with E-state index in [9.17, 15) is 4.79 Å². The van der Waals surface area contributed by atoms with Crippen LogP contribution in [-0.4, -0.2) is 57.5 Å². The van der Waals surface area contributed by atoms with Crippen molar-refractivity contribution >= 4 is 25.0 Å². The maximum absolute atomic E-state index is 12.8. The van der Waals surface area contributed by atoms with Crippen LogP contribution in [0.4, 0.5) is 4.79 Å². The van der Waals surface area contributed by atoms with Gasteiger partial charge in [-0.1, -0.05) is 171 Å². The minimum absolute atomic E-state index is 0.0234. The molecule has 0 saturated carbocycles. The van der Waals surface area contributed by atoms with Crippen LogP contribution in [0.25, 0.3) is 10.8 Å². The van der Waals surface area contributed by atoms with Gasteiger partial charge >= 0.3 is 6.16 Å². The number of carbonyl (C=O) groups excluding carboxylic acids is 1. The highest BCUT2D eigenvalue weighted by atomic mass is 28.3. The molecule has 0 bridgehead atoms. The Hall–Kier alpha value is -5.29. The van der Waals surface area contributed by atoms with Crippen molar-refractivity contribution in [3.8, 4) is 5.75 Å². The Morgan fingerprint density at radius 1 is 0.710 bits per heavy atom. The molecular weight excluding hydrogens is 791 g/mol. The van der Waals surface area contributed by atoms with Crippen molar-refractivity contribution < 1.29 is 33.3 Å². The fourth-order valence-corrected chi connectivity index (χ4v) is 8.78. The molecule has 62 heavy (non-hydrogen) atoms. The van der Waals surface area contributed by atoms with E-state index in [0.29, 0.717) is 39.3 Å². The molecule has 2 atom stereocenters. The molecule has 1 aliphatic rings. The zero-order valence-corrected chi connectivity index (χ0v) is 38.1. The maximum Gasteiger partial charge on any atom is 0.528 e. The number of carbonyl (C=O) groups is 1. The highest BCUT2D eigenvalue weighted by molar-refractivity contribution is 6.76. The van der Waals surface area contributed by atoms with E-state index in [1.54, 1.807) is 5.06 Å². The molecule has 6 aromatic carbocycles. The lowest BCUT2D eigenvalue weighted by molar-refractivity contribution is -0.179. The Kier molecular flexibility index (Phi) is 14.6. The number of benzene rings is 6. The molecule has 1 saturated heterocycles. The van der Waals surface area contributed by atoms with E-state index in [2.05, 4.69) is 141 Å². The van der Waals surface area contributed by atoms with Crippen molar-refractivity contribution in [2.45, 2.75) is 89.3 Å². The minimum Gasteiger partial charge on any atom is -0.467 e. The van der Waals surface area contributed by atoms with Crippen molar-refractivity contribution in [2.24, 2.45) is 0 Å². The number of ether oxygens (including phenoxy) is 5. The van der Waals surface area contributed by atoms with Crippen LogP contribution >= 0.6 is 0 Å². The van der Waals surface area contributed by atoms with E-state index >= 15 is 0 Å². The molecule has 0 aromatic heterocycles. The van der Waals surface area contributed by atoms with E-state index in [1.807, 2.05) is 51.1 Å². The normalized spacial score (nSPS) is 16.2. The van der Waals surface area contributed by atoms with E-state index in [0.717, 1.165) is 55.9 Å². The molecule has 6 aromatic rings. The molecule has 0 N–H and O–H groups in total. The van der Waals surface area contributed by atoms with Gasteiger partial charge in [-0.2, -0.15) is 0 Å². The molecule has 1 aliphatic heterocycles. The molecule has 9 heteroatoms. The van der Waals surface area contributed by atoms with Gasteiger partial charge < -0.3 is 28.5 Å². The van der Waals surface area contributed by atoms with Gasteiger partial charge in [0, 0.05) is 38.1 Å². The van der Waals surface area contributed by atoms with Gasteiger partial charge in [0.1, 0.15) is 17.0 Å². The lowest BCUT2D eigenvalue weighted by Crippen LogP contribution is -2.45. The Bertz CT molecular complexity index is 2230. The molecule has 324 valence electrons. The highest BCUT2D eigenvalue weighted by Gasteiger charge is 2.38. The van der Waals surface area contributed by atoms with Crippen molar-refractivity contribution in [3.63, 3.8) is 0 Å². The summed E-state index contributed by atoms with van der Waals surface area (Å²) in [5.41, 5.74) is 4.79. The number of piperidine rings is 1. The number of hydroxylamine groups is 2. The predicted molar refractivity (Wildman–Crippen MR) is 249 cm³/mol. The highest BCUT2D eigenvalue weighted by Crippen LogP contribution is 2.41. The fraction of sp³-hybridized carbons (Fsp3) is 0.340. The second-order valence-electron chi connectivity index (χ2n) is 18.3. The first-order valence-electron chi connectivity index (χ1n) is 21.8. The molecule has 1 fully saturated rings. The van der Waals surface area contributed by atoms with Crippen molar-refractivity contribution in [1.29, 1.82) is 0 Å². The molecular formula is C53H61NO7Si. The number of fused-ring (bicyclic) bond motifs is 1. The average molecular weight is 852 g/mol. The molecule has 0 spiro atoms. The summed E-state index contributed by atoms with van der Waals surface area (Å²) >= 11 is 0. The van der Waals surface area contributed by atoms with E-state index < -0.39 is 25.4 Å². The van der Waals surface area contributed by atoms with Crippen LogP contribution in [0, 0.1) is 0 Å². The lowest BCUT2D eigenvalue weighted by atomic mass is 9.80. The second kappa shape index (κ2) is 20.3. The molecule has 8 nitrogen and oxygen atoms in total. The van der Waals surface area contributed by atoms with Crippen LogP contribution in [0.5, 0.6) is 5.75 Å². The van der Waals surface area contributed by atoms with Crippen molar-refractivity contribution in [2.75, 3.05) is 26.5 Å². The summed E-state index contributed by atoms with van der Waals surface area (Å²) in [5, 5.41) is 3.75. The molecule has 0 radical (unpaired) electrons. The maximum atomic E-state index is 12.8. The second-order valence-corrected chi connectivity index (χ2v) is 23.9. The minimum atomic E-state index is -1.24. The first kappa shape index (κ1) is 44.8. The zero-order chi connectivity index (χ0) is 43.6. The van der Waals surface area contributed by atoms with Crippen LogP contribution in [0.15, 0.2) is 152 Å². The predicted octanol–water partition coefficient (Wildman–Crippen LogP) is 12.3. The molecule has 0 amide bonds. The van der Waals surface area contributed by atoms with Gasteiger partial charge in [-0.15, -0.1) is 5.06 Å². The zero-order valence-electron chi connectivity index (χ0n) is 37.1. The summed E-state index contributed by atoms with van der Waals surface area (Å²) in [6.07, 6.45) is -0.340. The monoisotopic (exact) mass is 851 g/mol. The first-order chi connectivity index (χ1) is 29.9. The number of hydrogen-bond acceptors (Lipinski definition) is 8. The number of rotatable bonds is 17. The van der Waals surface area contributed by atoms with Gasteiger partial charge in [-0.3, -0.25) is 0 Å². The first-order valence-corrected chi connectivity index (χ1v) is 25.5. The van der Waals surface area contributed by atoms with Gasteiger partial charge in [0.15, 0.2) is 6.79 Å². The summed E-state index contributed by atoms with van der Waals surface area (Å²) in [5.74, 6) is 0.780. The summed E-state index contributed by atoms with van der Waals surface area (Å²) in [7, 11) is -1.24. The third kappa shape index (κ3) is 11.6. The Morgan fingerprint density at radius 3 is 1.90 bits per heavy atom. The third-order valence-corrected chi connectivity index (χ3v) is 12.9. The van der Waals surface area contributed by atoms with Gasteiger partial charge in [0.05, 0.1) is 25.9 Å². The van der Waals surface area contributed by atoms with Crippen LogP contribution in [-0.2, 0) is 42.6 Å². The summed E-state index contributed by atoms with van der Waals surface area (Å²) in [6, 6.07) is 53.4. The smallest absolute Gasteiger partial charge is 0.467 e. The third-order valence-electron chi connectivity index (χ3n) is 11.2. The molecule has 1 heterocycles. The number of hydrogen-bond donors (Lipinski definition) is 0. The summed E-state index contributed by atoms with van der Waals surface area (Å²) < 4.78 is 31.9. The standard InChI is InChI=1S/C53H61NO7Si/c1-52(2,3)60-51(55)61-54-33-32-47(49(36-54)57-38-43-31-30-41-18-16-17-25-48(41)50(43)58-39-56-34-35-62(4,5)6)42-28-26-40(27-29-42)37-59-53(44-19-10-7-11-20-44,45-21-12-8-13-22-45)46-23-14-9-15-24-46/h7-31,47,49H,32-39H2,1-6H3. The van der Waals surface area contributed by atoms with Crippen LogP contribution in [0.3, 0.4) is 0 Å². The summed E-state index contributed by atoms with van der Waals surface area (Å²) in [6.45, 7) is 14.9. The van der Waals surface area contributed by atoms with Gasteiger partial charge in [-0.05, 0) is 66.4 Å². The summed E-state index contributed by atoms with van der Waals surface area (Å²) in [4.78, 5) is 18.6. The van der Waals surface area contributed by atoms with Crippen molar-refractivity contribution in [3.05, 3.63) is 185 Å².